The first-order valence-electron chi connectivity index (χ1n) is 7.43. The molecule has 18 heavy (non-hydrogen) atoms. The molecule has 0 rings (SSSR count). The molecule has 0 aliphatic rings. The van der Waals surface area contributed by atoms with E-state index >= 15 is 0 Å². The lowest BCUT2D eigenvalue weighted by Crippen LogP contribution is -2.14. The Morgan fingerprint density at radius 2 is 1.67 bits per heavy atom. The molecule has 0 bridgehead atoms. The quantitative estimate of drug-likeness (QED) is 0.405. The van der Waals surface area contributed by atoms with Crippen LogP contribution in [0, 0.1) is 0 Å². The molecule has 0 aromatic heterocycles. The molecule has 0 aromatic rings. The lowest BCUT2D eigenvalue weighted by atomic mass is 10.1. The van der Waals surface area contributed by atoms with Gasteiger partial charge in [-0.25, -0.2) is 0 Å². The number of carbonyl (C=O) groups excluding carboxylic acids is 1. The maximum absolute atomic E-state index is 11.0. The third-order valence-electron chi connectivity index (χ3n) is 3.12. The minimum Gasteiger partial charge on any atom is -0.529 e. The van der Waals surface area contributed by atoms with Gasteiger partial charge in [-0.3, -0.25) is 4.79 Å². The van der Waals surface area contributed by atoms with E-state index in [0.717, 1.165) is 19.4 Å². The average Bonchev–Trinajstić information content (AvgIpc) is 2.40. The second kappa shape index (κ2) is 13.1. The summed E-state index contributed by atoms with van der Waals surface area (Å²) in [4.78, 5) is 11.0. The molecule has 0 radical (unpaired) electrons. The zero-order valence-corrected chi connectivity index (χ0v) is 14.4. The van der Waals surface area contributed by atoms with Crippen molar-refractivity contribution in [1.29, 1.82) is 0 Å². The predicted octanol–water partition coefficient (Wildman–Crippen LogP) is 2.75. The molecule has 0 N–H and O–H groups in total. The average molecular weight is 274 g/mol. The van der Waals surface area contributed by atoms with Crippen LogP contribution in [0.1, 0.15) is 71.6 Å². The summed E-state index contributed by atoms with van der Waals surface area (Å²) < 4.78 is 10.7. The number of hydrogen-bond donors (Lipinski definition) is 0. The summed E-state index contributed by atoms with van der Waals surface area (Å²) in [6.07, 6.45) is 10.1. The van der Waals surface area contributed by atoms with Crippen LogP contribution in [0.2, 0.25) is 0 Å². The van der Waals surface area contributed by atoms with Crippen LogP contribution in [0.25, 0.3) is 0 Å². The van der Waals surface area contributed by atoms with Crippen LogP contribution in [-0.4, -0.2) is 29.2 Å². The lowest BCUT2D eigenvalue weighted by Gasteiger charge is -2.17. The van der Waals surface area contributed by atoms with Gasteiger partial charge in [-0.1, -0.05) is 39.5 Å². The fourth-order valence-electron chi connectivity index (χ4n) is 1.90. The molecule has 0 unspecified atom stereocenters. The summed E-state index contributed by atoms with van der Waals surface area (Å²) >= 11 is 0. The SMILES string of the molecule is CCCCC(CCCC)OCCCCC(=O)O[SiH3]. The smallest absolute Gasteiger partial charge is 0.291 e. The largest absolute Gasteiger partial charge is 0.529 e. The third-order valence-corrected chi connectivity index (χ3v) is 3.57. The van der Waals surface area contributed by atoms with Gasteiger partial charge >= 0.3 is 0 Å². The molecule has 0 amide bonds. The Morgan fingerprint density at radius 1 is 1.06 bits per heavy atom. The van der Waals surface area contributed by atoms with Crippen LogP contribution in [0.3, 0.4) is 0 Å². The number of ether oxygens (including phenoxy) is 1. The van der Waals surface area contributed by atoms with E-state index in [4.69, 9.17) is 9.16 Å². The molecule has 0 heterocycles. The highest BCUT2D eigenvalue weighted by atomic mass is 28.2. The van der Waals surface area contributed by atoms with Crippen molar-refractivity contribution >= 4 is 16.5 Å². The predicted molar refractivity (Wildman–Crippen MR) is 78.7 cm³/mol. The van der Waals surface area contributed by atoms with Crippen LogP contribution in [0.4, 0.5) is 0 Å². The van der Waals surface area contributed by atoms with Crippen LogP contribution in [0.5, 0.6) is 0 Å². The molecule has 0 aliphatic carbocycles. The van der Waals surface area contributed by atoms with Gasteiger partial charge in [0, 0.05) is 13.0 Å². The van der Waals surface area contributed by atoms with Crippen molar-refractivity contribution in [3.8, 4) is 0 Å². The zero-order chi connectivity index (χ0) is 13.6. The molecule has 0 aliphatic heterocycles. The van der Waals surface area contributed by atoms with Crippen molar-refractivity contribution in [1.82, 2.24) is 0 Å². The Balaban J connectivity index is 3.57. The van der Waals surface area contributed by atoms with Crippen molar-refractivity contribution in [2.75, 3.05) is 6.61 Å². The number of hydrogen-bond acceptors (Lipinski definition) is 3. The van der Waals surface area contributed by atoms with Crippen LogP contribution in [-0.2, 0) is 14.0 Å². The van der Waals surface area contributed by atoms with E-state index in [0.29, 0.717) is 23.0 Å². The molecule has 0 atom stereocenters. The first-order chi connectivity index (χ1) is 8.74. The van der Waals surface area contributed by atoms with E-state index in [2.05, 4.69) is 13.8 Å². The van der Waals surface area contributed by atoms with Crippen molar-refractivity contribution in [3.05, 3.63) is 0 Å². The topological polar surface area (TPSA) is 35.5 Å². The van der Waals surface area contributed by atoms with Gasteiger partial charge in [0.15, 0.2) is 0 Å². The van der Waals surface area contributed by atoms with Gasteiger partial charge in [-0.2, -0.15) is 0 Å². The Hall–Kier alpha value is -0.353. The highest BCUT2D eigenvalue weighted by Gasteiger charge is 2.08. The summed E-state index contributed by atoms with van der Waals surface area (Å²) in [6, 6.07) is 0. The molecule has 4 heteroatoms. The molecule has 0 aromatic carbocycles. The Kier molecular flexibility index (Phi) is 12.8. The van der Waals surface area contributed by atoms with Gasteiger partial charge in [0.1, 0.15) is 0 Å². The minimum atomic E-state index is -0.0600. The molecule has 0 saturated heterocycles. The van der Waals surface area contributed by atoms with Gasteiger partial charge in [-0.15, -0.1) is 0 Å². The Labute approximate surface area is 115 Å². The first kappa shape index (κ1) is 17.6. The van der Waals surface area contributed by atoms with Crippen molar-refractivity contribution in [2.24, 2.45) is 0 Å². The van der Waals surface area contributed by atoms with E-state index in [1.54, 1.807) is 0 Å². The normalized spacial score (nSPS) is 11.1. The summed E-state index contributed by atoms with van der Waals surface area (Å²) in [7, 11) is 0.510. The van der Waals surface area contributed by atoms with E-state index in [-0.39, 0.29) is 5.97 Å². The number of unbranched alkanes of at least 4 members (excludes halogenated alkanes) is 3. The molecule has 0 saturated carbocycles. The summed E-state index contributed by atoms with van der Waals surface area (Å²) in [6.45, 7) is 5.22. The highest BCUT2D eigenvalue weighted by Crippen LogP contribution is 2.13. The van der Waals surface area contributed by atoms with E-state index < -0.39 is 0 Å². The van der Waals surface area contributed by atoms with E-state index in [1.807, 2.05) is 0 Å². The maximum atomic E-state index is 11.0. The first-order valence-corrected chi connectivity index (χ1v) is 8.24. The minimum absolute atomic E-state index is 0.0600. The van der Waals surface area contributed by atoms with Gasteiger partial charge in [0.25, 0.3) is 5.97 Å². The molecule has 108 valence electrons. The zero-order valence-electron chi connectivity index (χ0n) is 12.4. The van der Waals surface area contributed by atoms with Gasteiger partial charge in [0.2, 0.25) is 10.5 Å². The van der Waals surface area contributed by atoms with Gasteiger partial charge in [0.05, 0.1) is 6.10 Å². The van der Waals surface area contributed by atoms with Crippen molar-refractivity contribution in [3.63, 3.8) is 0 Å². The number of carbonyl (C=O) groups is 1. The van der Waals surface area contributed by atoms with Gasteiger partial charge in [-0.05, 0) is 25.7 Å². The molecular weight excluding hydrogens is 244 g/mol. The van der Waals surface area contributed by atoms with Crippen molar-refractivity contribution in [2.45, 2.75) is 77.7 Å². The van der Waals surface area contributed by atoms with E-state index in [1.165, 1.54) is 38.5 Å². The molecular formula is C14H30O3Si. The fraction of sp³-hybridized carbons (Fsp3) is 0.929. The van der Waals surface area contributed by atoms with Crippen LogP contribution < -0.4 is 0 Å². The summed E-state index contributed by atoms with van der Waals surface area (Å²) in [5, 5.41) is 0. The second-order valence-electron chi connectivity index (χ2n) is 4.81. The number of rotatable bonds is 12. The highest BCUT2D eigenvalue weighted by molar-refractivity contribution is 6.05. The fourth-order valence-corrected chi connectivity index (χ4v) is 2.10. The maximum Gasteiger partial charge on any atom is 0.291 e. The monoisotopic (exact) mass is 274 g/mol. The van der Waals surface area contributed by atoms with Crippen LogP contribution >= 0.6 is 0 Å². The summed E-state index contributed by atoms with van der Waals surface area (Å²) in [5.74, 6) is -0.0600. The third kappa shape index (κ3) is 10.8. The molecule has 0 spiro atoms. The molecule has 0 fully saturated rings. The second-order valence-corrected chi connectivity index (χ2v) is 5.22. The Bertz CT molecular complexity index is 189. The molecule has 3 nitrogen and oxygen atoms in total. The Morgan fingerprint density at radius 3 is 2.17 bits per heavy atom. The standard InChI is InChI=1S/C14H30O3Si/c1-3-5-9-13(10-6-4-2)16-12-8-7-11-14(15)17-18/h13H,3-12H2,1-2,18H3. The lowest BCUT2D eigenvalue weighted by molar-refractivity contribution is -0.134. The van der Waals surface area contributed by atoms with Gasteiger partial charge < -0.3 is 9.16 Å². The summed E-state index contributed by atoms with van der Waals surface area (Å²) in [5.41, 5.74) is 0. The van der Waals surface area contributed by atoms with Crippen LogP contribution in [0.15, 0.2) is 0 Å². The van der Waals surface area contributed by atoms with E-state index in [9.17, 15) is 4.79 Å². The van der Waals surface area contributed by atoms with Crippen molar-refractivity contribution < 1.29 is 14.0 Å².